The van der Waals surface area contributed by atoms with Crippen LogP contribution < -0.4 is 5.73 Å². The molecule has 1 aromatic rings. The van der Waals surface area contributed by atoms with Crippen LogP contribution in [0.1, 0.15) is 5.56 Å². The van der Waals surface area contributed by atoms with Gasteiger partial charge in [-0.2, -0.15) is 0 Å². The molecule has 0 saturated heterocycles. The number of carbonyl (C=O) groups excluding carboxylic acids is 1. The predicted molar refractivity (Wildman–Crippen MR) is 46.5 cm³/mol. The Labute approximate surface area is 75.1 Å². The van der Waals surface area contributed by atoms with E-state index in [-0.39, 0.29) is 10.5 Å². The number of hydrogen-bond donors (Lipinski definition) is 1. The average molecular weight is 179 g/mol. The maximum absolute atomic E-state index is 11.0. The van der Waals surface area contributed by atoms with Gasteiger partial charge in [0.05, 0.1) is 5.11 Å². The first-order valence-electron chi connectivity index (χ1n) is 3.64. The van der Waals surface area contributed by atoms with Crippen LogP contribution in [-0.4, -0.2) is 10.9 Å². The van der Waals surface area contributed by atoms with Gasteiger partial charge in [0, 0.05) is 12.1 Å². The summed E-state index contributed by atoms with van der Waals surface area (Å²) in [5, 5.41) is 14.0. The van der Waals surface area contributed by atoms with Crippen LogP contribution in [0.5, 0.6) is 0 Å². The third-order valence-corrected chi connectivity index (χ3v) is 1.44. The van der Waals surface area contributed by atoms with Crippen molar-refractivity contribution in [2.45, 2.75) is 6.92 Å². The molecule has 13 heavy (non-hydrogen) atoms. The summed E-state index contributed by atoms with van der Waals surface area (Å²) < 4.78 is 0. The smallest absolute Gasteiger partial charge is 0.399 e. The van der Waals surface area contributed by atoms with Gasteiger partial charge in [-0.05, 0) is 11.8 Å². The van der Waals surface area contributed by atoms with Crippen molar-refractivity contribution in [1.82, 2.24) is 0 Å². The second kappa shape index (κ2) is 3.66. The van der Waals surface area contributed by atoms with Gasteiger partial charge in [0.2, 0.25) is 5.69 Å². The third kappa shape index (κ3) is 2.55. The van der Waals surface area contributed by atoms with E-state index in [1.165, 1.54) is 0 Å². The Hall–Kier alpha value is -1.91. The Morgan fingerprint density at radius 2 is 2.00 bits per heavy atom. The molecule has 0 fully saturated rings. The predicted octanol–water partition coefficient (Wildman–Crippen LogP) is 1.67. The minimum atomic E-state index is -1.00. The molecule has 0 aliphatic rings. The second-order valence-electron chi connectivity index (χ2n) is 2.55. The monoisotopic (exact) mass is 179 g/mol. The zero-order valence-electron chi connectivity index (χ0n) is 7.10. The molecule has 0 heterocycles. The van der Waals surface area contributed by atoms with Gasteiger partial charge in [0.15, 0.2) is 0 Å². The molecule has 0 aromatic heterocycles. The first kappa shape index (κ1) is 9.18. The van der Waals surface area contributed by atoms with Gasteiger partial charge < -0.3 is 10.9 Å². The Morgan fingerprint density at radius 1 is 1.46 bits per heavy atom. The molecule has 2 amide bonds. The number of urea groups is 1. The Morgan fingerprint density at radius 3 is 2.46 bits per heavy atom. The molecular formula is C8H9N3O2. The van der Waals surface area contributed by atoms with Crippen molar-refractivity contribution in [3.63, 3.8) is 0 Å². The lowest BCUT2D eigenvalue weighted by Gasteiger charge is -1.97. The van der Waals surface area contributed by atoms with Crippen LogP contribution in [0.4, 0.5) is 10.5 Å². The fourth-order valence-corrected chi connectivity index (χ4v) is 0.820. The summed E-state index contributed by atoms with van der Waals surface area (Å²) in [5.74, 6) is 0. The lowest BCUT2D eigenvalue weighted by Crippen LogP contribution is -2.07. The van der Waals surface area contributed by atoms with Crippen LogP contribution in [0.15, 0.2) is 29.4 Å². The van der Waals surface area contributed by atoms with E-state index in [1.807, 2.05) is 6.92 Å². The molecule has 1 aromatic carbocycles. The van der Waals surface area contributed by atoms with Crippen LogP contribution in [-0.2, 0) is 0 Å². The quantitative estimate of drug-likeness (QED) is 0.404. The SMILES string of the molecule is Cc1ccc([N+]([O-])=NC(N)=O)cc1. The van der Waals surface area contributed by atoms with E-state index in [0.717, 1.165) is 5.56 Å². The van der Waals surface area contributed by atoms with Crippen molar-refractivity contribution >= 4 is 11.7 Å². The standard InChI is InChI=1S/C8H9N3O2/c1-6-2-4-7(5-3-6)11(13)10-8(9)12/h2-5H,1H3,(H2,9,12). The summed E-state index contributed by atoms with van der Waals surface area (Å²) >= 11 is 0. The van der Waals surface area contributed by atoms with E-state index < -0.39 is 6.03 Å². The summed E-state index contributed by atoms with van der Waals surface area (Å²) in [6.45, 7) is 1.89. The first-order chi connectivity index (χ1) is 6.09. The zero-order chi connectivity index (χ0) is 9.84. The van der Waals surface area contributed by atoms with Crippen LogP contribution in [0, 0.1) is 12.1 Å². The van der Waals surface area contributed by atoms with E-state index in [9.17, 15) is 10.0 Å². The van der Waals surface area contributed by atoms with Gasteiger partial charge in [-0.1, -0.05) is 17.7 Å². The van der Waals surface area contributed by atoms with Gasteiger partial charge >= 0.3 is 6.03 Å². The molecule has 0 radical (unpaired) electrons. The largest absolute Gasteiger partial charge is 0.594 e. The molecule has 0 atom stereocenters. The number of hydrogen-bond acceptors (Lipinski definition) is 2. The second-order valence-corrected chi connectivity index (χ2v) is 2.55. The van der Waals surface area contributed by atoms with Crippen molar-refractivity contribution in [2.75, 3.05) is 0 Å². The Bertz CT molecular complexity index is 343. The maximum Gasteiger partial charge on any atom is 0.399 e. The minimum absolute atomic E-state index is 0.196. The number of benzene rings is 1. The molecule has 5 nitrogen and oxygen atoms in total. The lowest BCUT2D eigenvalue weighted by molar-refractivity contribution is -0.434. The molecule has 68 valence electrons. The number of nitrogens with zero attached hydrogens (tertiary/aromatic N) is 2. The number of primary amides is 1. The molecule has 2 N–H and O–H groups in total. The molecule has 0 spiro atoms. The maximum atomic E-state index is 11.0. The van der Waals surface area contributed by atoms with Crippen LogP contribution >= 0.6 is 0 Å². The summed E-state index contributed by atoms with van der Waals surface area (Å²) in [7, 11) is 0. The van der Waals surface area contributed by atoms with E-state index in [4.69, 9.17) is 5.73 Å². The molecule has 0 unspecified atom stereocenters. The van der Waals surface area contributed by atoms with Crippen LogP contribution in [0.25, 0.3) is 0 Å². The van der Waals surface area contributed by atoms with E-state index in [0.29, 0.717) is 0 Å². The highest BCUT2D eigenvalue weighted by atomic mass is 16.5. The third-order valence-electron chi connectivity index (χ3n) is 1.44. The highest BCUT2D eigenvalue weighted by Crippen LogP contribution is 2.11. The Kier molecular flexibility index (Phi) is 2.59. The number of azo groups is 1. The Balaban J connectivity index is 2.96. The van der Waals surface area contributed by atoms with Gasteiger partial charge in [-0.25, -0.2) is 4.79 Å². The summed E-state index contributed by atoms with van der Waals surface area (Å²) in [6.07, 6.45) is 0. The van der Waals surface area contributed by atoms with E-state index >= 15 is 0 Å². The van der Waals surface area contributed by atoms with Gasteiger partial charge in [0.1, 0.15) is 0 Å². The van der Waals surface area contributed by atoms with Gasteiger partial charge in [0.25, 0.3) is 0 Å². The molecule has 5 heteroatoms. The molecule has 0 bridgehead atoms. The van der Waals surface area contributed by atoms with E-state index in [1.54, 1.807) is 24.3 Å². The van der Waals surface area contributed by atoms with Crippen LogP contribution in [0.3, 0.4) is 0 Å². The lowest BCUT2D eigenvalue weighted by atomic mass is 10.2. The molecule has 0 aliphatic heterocycles. The van der Waals surface area contributed by atoms with Crippen LogP contribution in [0.2, 0.25) is 0 Å². The highest BCUT2D eigenvalue weighted by Gasteiger charge is 2.03. The van der Waals surface area contributed by atoms with Crippen molar-refractivity contribution in [3.8, 4) is 0 Å². The van der Waals surface area contributed by atoms with Crippen molar-refractivity contribution in [1.29, 1.82) is 0 Å². The summed E-state index contributed by atoms with van der Waals surface area (Å²) in [6, 6.07) is 5.62. The molecule has 0 aliphatic carbocycles. The summed E-state index contributed by atoms with van der Waals surface area (Å²) in [4.78, 5) is 10.5. The fourth-order valence-electron chi connectivity index (χ4n) is 0.820. The zero-order valence-corrected chi connectivity index (χ0v) is 7.10. The fraction of sp³-hybridized carbons (Fsp3) is 0.125. The van der Waals surface area contributed by atoms with E-state index in [2.05, 4.69) is 5.11 Å². The van der Waals surface area contributed by atoms with Gasteiger partial charge in [-0.15, -0.1) is 0 Å². The number of amides is 2. The van der Waals surface area contributed by atoms with Gasteiger partial charge in [-0.3, -0.25) is 0 Å². The minimum Gasteiger partial charge on any atom is -0.594 e. The average Bonchev–Trinajstić information content (AvgIpc) is 2.04. The first-order valence-corrected chi connectivity index (χ1v) is 3.64. The molecule has 0 saturated carbocycles. The normalized spacial score (nSPS) is 11.3. The number of rotatable bonds is 1. The molecule has 1 rings (SSSR count). The number of aryl methyl sites for hydroxylation is 1. The van der Waals surface area contributed by atoms with Crippen molar-refractivity contribution in [2.24, 2.45) is 10.8 Å². The highest BCUT2D eigenvalue weighted by molar-refractivity contribution is 5.71. The molecular weight excluding hydrogens is 170 g/mol. The van der Waals surface area contributed by atoms with Crippen molar-refractivity contribution < 1.29 is 9.66 Å². The number of nitrogens with two attached hydrogens (primary N) is 1. The van der Waals surface area contributed by atoms with Crippen molar-refractivity contribution in [3.05, 3.63) is 35.0 Å². The number of carbonyl (C=O) groups is 1. The summed E-state index contributed by atoms with van der Waals surface area (Å²) in [5.41, 5.74) is 6.02. The topological polar surface area (TPSA) is 81.5 Å².